The molecule has 3 aromatic rings. The van der Waals surface area contributed by atoms with Crippen molar-refractivity contribution in [1.82, 2.24) is 4.98 Å². The van der Waals surface area contributed by atoms with E-state index in [1.165, 1.54) is 11.3 Å². The highest BCUT2D eigenvalue weighted by atomic mass is 35.5. The SMILES string of the molecule is CCOc1cc(/C=C(/C#N)c2nc(-c3cccs3)cs2)cc(Cl)c1OC(C)C. The molecular formula is C21H19ClN2O2S2. The summed E-state index contributed by atoms with van der Waals surface area (Å²) in [5, 5.41) is 14.7. The summed E-state index contributed by atoms with van der Waals surface area (Å²) in [5.74, 6) is 1.08. The lowest BCUT2D eigenvalue weighted by molar-refractivity contribution is 0.224. The number of ether oxygens (including phenoxy) is 2. The first-order valence-electron chi connectivity index (χ1n) is 8.76. The van der Waals surface area contributed by atoms with Crippen molar-refractivity contribution in [2.75, 3.05) is 6.61 Å². The summed E-state index contributed by atoms with van der Waals surface area (Å²) in [6, 6.07) is 9.84. The van der Waals surface area contributed by atoms with Crippen molar-refractivity contribution in [2.45, 2.75) is 26.9 Å². The molecule has 0 radical (unpaired) electrons. The molecule has 0 amide bonds. The van der Waals surface area contributed by atoms with Crippen molar-refractivity contribution in [1.29, 1.82) is 5.26 Å². The third-order valence-corrected chi connectivity index (χ3v) is 5.67. The Kier molecular flexibility index (Phi) is 6.74. The molecule has 0 aliphatic rings. The van der Waals surface area contributed by atoms with Gasteiger partial charge in [-0.15, -0.1) is 22.7 Å². The van der Waals surface area contributed by atoms with Crippen LogP contribution in [0.4, 0.5) is 0 Å². The van der Waals surface area contributed by atoms with Crippen LogP contribution in [0, 0.1) is 11.3 Å². The van der Waals surface area contributed by atoms with Crippen LogP contribution in [0.2, 0.25) is 5.02 Å². The molecule has 3 rings (SSSR count). The van der Waals surface area contributed by atoms with Crippen LogP contribution in [-0.2, 0) is 0 Å². The summed E-state index contributed by atoms with van der Waals surface area (Å²) in [6.45, 7) is 6.25. The standard InChI is InChI=1S/C21H19ClN2O2S2/c1-4-25-18-10-14(9-16(22)20(18)26-13(2)3)8-15(11-23)21-24-17(12-28-21)19-6-5-7-27-19/h5-10,12-13H,4H2,1-3H3/b15-8-. The van der Waals surface area contributed by atoms with Crippen LogP contribution in [0.1, 0.15) is 31.3 Å². The van der Waals surface area contributed by atoms with E-state index in [9.17, 15) is 5.26 Å². The van der Waals surface area contributed by atoms with Crippen molar-refractivity contribution in [3.63, 3.8) is 0 Å². The molecular weight excluding hydrogens is 412 g/mol. The lowest BCUT2D eigenvalue weighted by Crippen LogP contribution is -2.08. The minimum atomic E-state index is -0.0289. The maximum atomic E-state index is 9.66. The van der Waals surface area contributed by atoms with Crippen LogP contribution in [-0.4, -0.2) is 17.7 Å². The fraction of sp³-hybridized carbons (Fsp3) is 0.238. The zero-order chi connectivity index (χ0) is 20.1. The number of hydrogen-bond acceptors (Lipinski definition) is 6. The third kappa shape index (κ3) is 4.74. The van der Waals surface area contributed by atoms with Crippen LogP contribution in [0.25, 0.3) is 22.2 Å². The molecule has 0 aliphatic heterocycles. The topological polar surface area (TPSA) is 55.1 Å². The molecule has 0 fully saturated rings. The van der Waals surface area contributed by atoms with Crippen molar-refractivity contribution in [3.8, 4) is 28.1 Å². The van der Waals surface area contributed by atoms with Crippen LogP contribution < -0.4 is 9.47 Å². The minimum Gasteiger partial charge on any atom is -0.490 e. The number of rotatable bonds is 7. The van der Waals surface area contributed by atoms with Gasteiger partial charge in [0.15, 0.2) is 11.5 Å². The lowest BCUT2D eigenvalue weighted by Gasteiger charge is -2.16. The van der Waals surface area contributed by atoms with Gasteiger partial charge in [-0.25, -0.2) is 4.98 Å². The average Bonchev–Trinajstić information content (AvgIpc) is 3.34. The van der Waals surface area contributed by atoms with Gasteiger partial charge in [0.1, 0.15) is 11.1 Å². The number of nitrogens with zero attached hydrogens (tertiary/aromatic N) is 2. The number of thiazole rings is 1. The summed E-state index contributed by atoms with van der Waals surface area (Å²) >= 11 is 9.50. The smallest absolute Gasteiger partial charge is 0.180 e. The highest BCUT2D eigenvalue weighted by Crippen LogP contribution is 2.38. The van der Waals surface area contributed by atoms with Crippen molar-refractivity contribution < 1.29 is 9.47 Å². The molecule has 0 atom stereocenters. The first-order valence-corrected chi connectivity index (χ1v) is 10.9. The molecule has 2 heterocycles. The third-order valence-electron chi connectivity index (χ3n) is 3.62. The molecule has 28 heavy (non-hydrogen) atoms. The molecule has 0 saturated heterocycles. The Balaban J connectivity index is 1.97. The van der Waals surface area contributed by atoms with Crippen LogP contribution >= 0.6 is 34.3 Å². The van der Waals surface area contributed by atoms with Gasteiger partial charge in [0.05, 0.1) is 33.9 Å². The highest BCUT2D eigenvalue weighted by molar-refractivity contribution is 7.14. The fourth-order valence-corrected chi connectivity index (χ4v) is 4.34. The summed E-state index contributed by atoms with van der Waals surface area (Å²) in [7, 11) is 0. The first-order chi connectivity index (χ1) is 13.5. The number of benzene rings is 1. The summed E-state index contributed by atoms with van der Waals surface area (Å²) in [6.07, 6.45) is 1.74. The Morgan fingerprint density at radius 2 is 2.18 bits per heavy atom. The van der Waals surface area contributed by atoms with E-state index in [0.29, 0.717) is 33.7 Å². The van der Waals surface area contributed by atoms with Crippen LogP contribution in [0.3, 0.4) is 0 Å². The average molecular weight is 431 g/mol. The van der Waals surface area contributed by atoms with E-state index in [1.54, 1.807) is 23.5 Å². The molecule has 0 bridgehead atoms. The molecule has 144 valence electrons. The Morgan fingerprint density at radius 3 is 2.82 bits per heavy atom. The molecule has 0 unspecified atom stereocenters. The summed E-state index contributed by atoms with van der Waals surface area (Å²) in [4.78, 5) is 5.69. The lowest BCUT2D eigenvalue weighted by atomic mass is 10.1. The van der Waals surface area contributed by atoms with Gasteiger partial charge in [0.25, 0.3) is 0 Å². The van der Waals surface area contributed by atoms with Gasteiger partial charge in [-0.1, -0.05) is 17.7 Å². The maximum Gasteiger partial charge on any atom is 0.180 e. The van der Waals surface area contributed by atoms with Gasteiger partial charge in [-0.2, -0.15) is 5.26 Å². The molecule has 1 aromatic carbocycles. The molecule has 4 nitrogen and oxygen atoms in total. The maximum absolute atomic E-state index is 9.66. The van der Waals surface area contributed by atoms with Crippen LogP contribution in [0.15, 0.2) is 35.0 Å². The van der Waals surface area contributed by atoms with Gasteiger partial charge in [0.2, 0.25) is 0 Å². The monoisotopic (exact) mass is 430 g/mol. The van der Waals surface area contributed by atoms with Crippen molar-refractivity contribution in [3.05, 3.63) is 50.6 Å². The second kappa shape index (κ2) is 9.24. The predicted molar refractivity (Wildman–Crippen MR) is 117 cm³/mol. The highest BCUT2D eigenvalue weighted by Gasteiger charge is 2.15. The first kappa shape index (κ1) is 20.4. The van der Waals surface area contributed by atoms with Gasteiger partial charge >= 0.3 is 0 Å². The molecule has 0 saturated carbocycles. The van der Waals surface area contributed by atoms with Gasteiger partial charge in [0, 0.05) is 5.38 Å². The van der Waals surface area contributed by atoms with Crippen molar-refractivity contribution >= 4 is 45.9 Å². The largest absolute Gasteiger partial charge is 0.490 e. The summed E-state index contributed by atoms with van der Waals surface area (Å²) in [5.41, 5.74) is 2.11. The normalized spacial score (nSPS) is 11.5. The van der Waals surface area contributed by atoms with Crippen LogP contribution in [0.5, 0.6) is 11.5 Å². The van der Waals surface area contributed by atoms with E-state index >= 15 is 0 Å². The zero-order valence-electron chi connectivity index (χ0n) is 15.7. The minimum absolute atomic E-state index is 0.0289. The van der Waals surface area contributed by atoms with E-state index in [1.807, 2.05) is 49.7 Å². The van der Waals surface area contributed by atoms with Gasteiger partial charge in [-0.3, -0.25) is 0 Å². The number of hydrogen-bond donors (Lipinski definition) is 0. The molecule has 7 heteroatoms. The van der Waals surface area contributed by atoms with Gasteiger partial charge in [-0.05, 0) is 56.0 Å². The van der Waals surface area contributed by atoms with E-state index < -0.39 is 0 Å². The van der Waals surface area contributed by atoms with E-state index in [-0.39, 0.29) is 6.10 Å². The Morgan fingerprint density at radius 1 is 1.36 bits per heavy atom. The number of thiophene rings is 1. The molecule has 0 aliphatic carbocycles. The second-order valence-corrected chi connectivity index (χ2v) is 8.33. The van der Waals surface area contributed by atoms with E-state index in [2.05, 4.69) is 11.1 Å². The quantitative estimate of drug-likeness (QED) is 0.388. The molecule has 0 spiro atoms. The Hall–Kier alpha value is -2.33. The fourth-order valence-electron chi connectivity index (χ4n) is 2.53. The van der Waals surface area contributed by atoms with Gasteiger partial charge < -0.3 is 9.47 Å². The Labute approximate surface area is 177 Å². The predicted octanol–water partition coefficient (Wildman–Crippen LogP) is 6.78. The molecule has 0 N–H and O–H groups in total. The van der Waals surface area contributed by atoms with E-state index in [0.717, 1.165) is 16.1 Å². The number of aromatic nitrogens is 1. The van der Waals surface area contributed by atoms with Crippen molar-refractivity contribution in [2.24, 2.45) is 0 Å². The van der Waals surface area contributed by atoms with E-state index in [4.69, 9.17) is 21.1 Å². The molecule has 2 aromatic heterocycles. The number of halogens is 1. The number of allylic oxidation sites excluding steroid dienone is 1. The second-order valence-electron chi connectivity index (χ2n) is 6.11. The number of nitriles is 1. The summed E-state index contributed by atoms with van der Waals surface area (Å²) < 4.78 is 11.5. The zero-order valence-corrected chi connectivity index (χ0v) is 18.1. The Bertz CT molecular complexity index is 1020.